The van der Waals surface area contributed by atoms with Crippen molar-refractivity contribution in [1.82, 2.24) is 4.57 Å². The fourth-order valence-electron chi connectivity index (χ4n) is 3.37. The summed E-state index contributed by atoms with van der Waals surface area (Å²) in [5.74, 6) is 2.14. The third-order valence-corrected chi connectivity index (χ3v) is 8.01. The quantitative estimate of drug-likeness (QED) is 0.406. The van der Waals surface area contributed by atoms with Crippen molar-refractivity contribution in [2.24, 2.45) is 4.99 Å². The molecule has 4 aromatic rings. The van der Waals surface area contributed by atoms with E-state index in [4.69, 9.17) is 6.42 Å². The lowest BCUT2D eigenvalue weighted by Gasteiger charge is -2.19. The second-order valence-corrected chi connectivity index (χ2v) is 10.4. The van der Waals surface area contributed by atoms with E-state index in [1.165, 1.54) is 47.0 Å². The van der Waals surface area contributed by atoms with Crippen molar-refractivity contribution in [1.29, 1.82) is 0 Å². The maximum absolute atomic E-state index is 12.9. The highest BCUT2D eigenvalue weighted by molar-refractivity contribution is 7.92. The Hall–Kier alpha value is -3.67. The van der Waals surface area contributed by atoms with Gasteiger partial charge in [-0.3, -0.25) is 9.10 Å². The van der Waals surface area contributed by atoms with Crippen LogP contribution in [0.4, 0.5) is 5.69 Å². The molecule has 33 heavy (non-hydrogen) atoms. The number of terminal acetylenes is 1. The lowest BCUT2D eigenvalue weighted by atomic mass is 10.2. The molecule has 0 aliphatic carbocycles. The number of aryl methyl sites for hydroxylation is 1. The molecule has 3 aromatic carbocycles. The summed E-state index contributed by atoms with van der Waals surface area (Å²) >= 11 is 1.39. The van der Waals surface area contributed by atoms with Gasteiger partial charge in [0, 0.05) is 12.6 Å². The topological polar surface area (TPSA) is 71.7 Å². The van der Waals surface area contributed by atoms with E-state index in [1.807, 2.05) is 35.8 Å². The van der Waals surface area contributed by atoms with Gasteiger partial charge in [-0.05, 0) is 61.0 Å². The molecule has 0 bridgehead atoms. The number of carbonyl (C=O) groups excluding carboxylic acids is 1. The Morgan fingerprint density at radius 1 is 1.09 bits per heavy atom. The average Bonchev–Trinajstić information content (AvgIpc) is 3.15. The van der Waals surface area contributed by atoms with E-state index < -0.39 is 15.9 Å². The van der Waals surface area contributed by atoms with Crippen LogP contribution in [0.15, 0.2) is 82.7 Å². The van der Waals surface area contributed by atoms with Crippen LogP contribution in [0.2, 0.25) is 0 Å². The van der Waals surface area contributed by atoms with Crippen LogP contribution in [0.5, 0.6) is 0 Å². The number of benzene rings is 3. The van der Waals surface area contributed by atoms with Crippen molar-refractivity contribution in [3.05, 3.63) is 88.7 Å². The highest BCUT2D eigenvalue weighted by Gasteiger charge is 2.21. The summed E-state index contributed by atoms with van der Waals surface area (Å²) in [7, 11) is -2.27. The Balaban J connectivity index is 1.66. The van der Waals surface area contributed by atoms with Gasteiger partial charge >= 0.3 is 0 Å². The standard InChI is InChI=1S/C25H21N3O3S2/c1-4-16-28-22-15-10-18(2)17-23(22)32-25(28)26-24(29)19-11-13-21(14-12-19)33(30,31)27(3)20-8-6-5-7-9-20/h1,5-15,17H,16H2,2-3H3. The fourth-order valence-corrected chi connectivity index (χ4v) is 5.69. The summed E-state index contributed by atoms with van der Waals surface area (Å²) in [5.41, 5.74) is 2.86. The van der Waals surface area contributed by atoms with Crippen LogP contribution >= 0.6 is 11.3 Å². The number of nitrogens with zero attached hydrogens (tertiary/aromatic N) is 3. The van der Waals surface area contributed by atoms with E-state index in [2.05, 4.69) is 10.9 Å². The number of hydrogen-bond acceptors (Lipinski definition) is 4. The first-order valence-electron chi connectivity index (χ1n) is 10.1. The molecule has 1 amide bonds. The molecule has 0 saturated carbocycles. The molecule has 0 fully saturated rings. The van der Waals surface area contributed by atoms with Gasteiger partial charge in [-0.15, -0.1) is 6.42 Å². The van der Waals surface area contributed by atoms with Crippen molar-refractivity contribution in [2.75, 3.05) is 11.4 Å². The van der Waals surface area contributed by atoms with Gasteiger partial charge in [0.2, 0.25) is 0 Å². The maximum atomic E-state index is 12.9. The number of anilines is 1. The minimum absolute atomic E-state index is 0.0881. The van der Waals surface area contributed by atoms with Crippen LogP contribution in [0.1, 0.15) is 15.9 Å². The van der Waals surface area contributed by atoms with E-state index in [0.717, 1.165) is 15.8 Å². The number of hydrogen-bond donors (Lipinski definition) is 0. The van der Waals surface area contributed by atoms with Gasteiger partial charge in [0.1, 0.15) is 0 Å². The molecule has 6 nitrogen and oxygen atoms in total. The van der Waals surface area contributed by atoms with E-state index in [9.17, 15) is 13.2 Å². The molecular weight excluding hydrogens is 454 g/mol. The van der Waals surface area contributed by atoms with Crippen molar-refractivity contribution in [2.45, 2.75) is 18.4 Å². The predicted molar refractivity (Wildman–Crippen MR) is 132 cm³/mol. The van der Waals surface area contributed by atoms with Crippen molar-refractivity contribution in [3.63, 3.8) is 0 Å². The number of carbonyl (C=O) groups is 1. The van der Waals surface area contributed by atoms with Gasteiger partial charge in [0.05, 0.1) is 27.3 Å². The molecule has 4 rings (SSSR count). The van der Waals surface area contributed by atoms with Crippen molar-refractivity contribution < 1.29 is 13.2 Å². The van der Waals surface area contributed by atoms with Crippen LogP contribution in [-0.4, -0.2) is 25.9 Å². The number of sulfonamides is 1. The summed E-state index contributed by atoms with van der Waals surface area (Å²) in [5, 5.41) is 0. The minimum atomic E-state index is -3.76. The molecule has 1 aromatic heterocycles. The molecule has 8 heteroatoms. The predicted octanol–water partition coefficient (Wildman–Crippen LogP) is 4.21. The molecule has 0 saturated heterocycles. The van der Waals surface area contributed by atoms with Gasteiger partial charge in [-0.2, -0.15) is 4.99 Å². The highest BCUT2D eigenvalue weighted by Crippen LogP contribution is 2.22. The number of amides is 1. The highest BCUT2D eigenvalue weighted by atomic mass is 32.2. The summed E-state index contributed by atoms with van der Waals surface area (Å²) in [6, 6.07) is 20.5. The SMILES string of the molecule is C#CCn1c(=NC(=O)c2ccc(S(=O)(=O)N(C)c3ccccc3)cc2)sc2cc(C)ccc21. The largest absolute Gasteiger partial charge is 0.305 e. The number of fused-ring (bicyclic) bond motifs is 1. The number of para-hydroxylation sites is 1. The molecule has 0 atom stereocenters. The molecule has 1 heterocycles. The van der Waals surface area contributed by atoms with E-state index in [0.29, 0.717) is 10.5 Å². The molecule has 0 aliphatic rings. The number of aromatic nitrogens is 1. The van der Waals surface area contributed by atoms with Gasteiger partial charge in [-0.1, -0.05) is 41.5 Å². The monoisotopic (exact) mass is 475 g/mol. The average molecular weight is 476 g/mol. The second-order valence-electron chi connectivity index (χ2n) is 7.40. The van der Waals surface area contributed by atoms with E-state index in [1.54, 1.807) is 24.3 Å². The second kappa shape index (κ2) is 9.06. The molecule has 0 aliphatic heterocycles. The molecule has 166 valence electrons. The minimum Gasteiger partial charge on any atom is -0.305 e. The first-order chi connectivity index (χ1) is 15.8. The first-order valence-corrected chi connectivity index (χ1v) is 12.3. The van der Waals surface area contributed by atoms with Crippen LogP contribution in [-0.2, 0) is 16.6 Å². The Bertz CT molecular complexity index is 1540. The third-order valence-electron chi connectivity index (χ3n) is 5.16. The lowest BCUT2D eigenvalue weighted by Crippen LogP contribution is -2.26. The summed E-state index contributed by atoms with van der Waals surface area (Å²) in [6.45, 7) is 2.29. The molecule has 0 unspecified atom stereocenters. The smallest absolute Gasteiger partial charge is 0.279 e. The zero-order chi connectivity index (χ0) is 23.6. The zero-order valence-electron chi connectivity index (χ0n) is 18.1. The Morgan fingerprint density at radius 2 is 1.79 bits per heavy atom. The van der Waals surface area contributed by atoms with Gasteiger partial charge in [-0.25, -0.2) is 8.42 Å². The Morgan fingerprint density at radius 3 is 2.45 bits per heavy atom. The lowest BCUT2D eigenvalue weighted by molar-refractivity contribution is 0.0998. The summed E-state index contributed by atoms with van der Waals surface area (Å²) < 4.78 is 29.9. The summed E-state index contributed by atoms with van der Waals surface area (Å²) in [4.78, 5) is 17.7. The maximum Gasteiger partial charge on any atom is 0.279 e. The Kier molecular flexibility index (Phi) is 6.18. The zero-order valence-corrected chi connectivity index (χ0v) is 19.7. The normalized spacial score (nSPS) is 12.0. The molecule has 0 radical (unpaired) electrons. The molecule has 0 spiro atoms. The molecular formula is C25H21N3O3S2. The van der Waals surface area contributed by atoms with E-state index in [-0.39, 0.29) is 17.0 Å². The van der Waals surface area contributed by atoms with Crippen molar-refractivity contribution >= 4 is 43.2 Å². The summed E-state index contributed by atoms with van der Waals surface area (Å²) in [6.07, 6.45) is 5.52. The van der Waals surface area contributed by atoms with Crippen LogP contribution in [0, 0.1) is 19.3 Å². The van der Waals surface area contributed by atoms with Gasteiger partial charge in [0.15, 0.2) is 4.80 Å². The van der Waals surface area contributed by atoms with Crippen LogP contribution in [0.3, 0.4) is 0 Å². The number of rotatable bonds is 5. The van der Waals surface area contributed by atoms with Gasteiger partial charge < -0.3 is 4.57 Å². The third kappa shape index (κ3) is 4.46. The Labute approximate surface area is 196 Å². The first kappa shape index (κ1) is 22.5. The van der Waals surface area contributed by atoms with Crippen molar-refractivity contribution in [3.8, 4) is 12.3 Å². The van der Waals surface area contributed by atoms with Crippen LogP contribution < -0.4 is 9.11 Å². The van der Waals surface area contributed by atoms with Gasteiger partial charge in [0.25, 0.3) is 15.9 Å². The van der Waals surface area contributed by atoms with Crippen LogP contribution in [0.25, 0.3) is 10.2 Å². The fraction of sp³-hybridized carbons (Fsp3) is 0.120. The number of thiazole rings is 1. The van der Waals surface area contributed by atoms with E-state index >= 15 is 0 Å². The molecule has 0 N–H and O–H groups in total.